The number of carboxylic acid groups (broad SMARTS) is 1. The van der Waals surface area contributed by atoms with Crippen molar-refractivity contribution in [1.82, 2.24) is 14.8 Å². The topological polar surface area (TPSA) is 91.8 Å². The Bertz CT molecular complexity index is 1380. The van der Waals surface area contributed by atoms with E-state index in [9.17, 15) is 14.3 Å². The van der Waals surface area contributed by atoms with Gasteiger partial charge in [0.2, 0.25) is 5.13 Å². The highest BCUT2D eigenvalue weighted by Gasteiger charge is 2.26. The second-order valence-corrected chi connectivity index (χ2v) is 10.3. The van der Waals surface area contributed by atoms with E-state index in [1.54, 1.807) is 36.9 Å². The molecule has 4 aromatic rings. The minimum atomic E-state index is -1.18. The molecule has 0 aliphatic heterocycles. The number of carboxylic acids is 1. The van der Waals surface area contributed by atoms with Crippen molar-refractivity contribution in [2.75, 3.05) is 0 Å². The first-order valence-electron chi connectivity index (χ1n) is 10.1. The molecule has 0 fully saturated rings. The fraction of sp³-hybridized carbons (Fsp3) is 0.167. The summed E-state index contributed by atoms with van der Waals surface area (Å²) in [7, 11) is 0. The lowest BCUT2D eigenvalue weighted by molar-refractivity contribution is 0.0688. The fourth-order valence-corrected chi connectivity index (χ4v) is 5.90. The lowest BCUT2D eigenvalue weighted by Gasteiger charge is -2.04. The Hall–Kier alpha value is -3.48. The lowest BCUT2D eigenvalue weighted by atomic mass is 10.0. The van der Waals surface area contributed by atoms with Gasteiger partial charge in [0.05, 0.1) is 27.2 Å². The number of halogens is 1. The number of aromatic nitrogens is 3. The smallest absolute Gasteiger partial charge is 0.355 e. The summed E-state index contributed by atoms with van der Waals surface area (Å²) in [6.45, 7) is 5.83. The first-order chi connectivity index (χ1) is 15.8. The van der Waals surface area contributed by atoms with Crippen LogP contribution in [0.4, 0.5) is 4.39 Å². The van der Waals surface area contributed by atoms with Crippen LogP contribution in [0.3, 0.4) is 0 Å². The normalized spacial score (nSPS) is 11.0. The van der Waals surface area contributed by atoms with E-state index in [1.807, 2.05) is 12.1 Å². The number of thioether (sulfide) groups is 1. The SMILES string of the molecule is Cc1nn(-c2nc(-c3ccc(C#N)cc3)c(SC(C)C)s2)c(C(=O)O)c1-c1cccc(F)c1. The van der Waals surface area contributed by atoms with Gasteiger partial charge in [-0.25, -0.2) is 14.2 Å². The van der Waals surface area contributed by atoms with Crippen molar-refractivity contribution in [1.29, 1.82) is 5.26 Å². The number of nitrogens with zero attached hydrogens (tertiary/aromatic N) is 4. The molecule has 2 aromatic carbocycles. The molecule has 0 radical (unpaired) electrons. The maximum absolute atomic E-state index is 13.9. The van der Waals surface area contributed by atoms with Gasteiger partial charge in [-0.2, -0.15) is 15.0 Å². The Morgan fingerprint density at radius 2 is 1.94 bits per heavy atom. The first-order valence-corrected chi connectivity index (χ1v) is 11.8. The Morgan fingerprint density at radius 1 is 1.21 bits per heavy atom. The summed E-state index contributed by atoms with van der Waals surface area (Å²) >= 11 is 2.97. The second kappa shape index (κ2) is 9.17. The number of benzene rings is 2. The van der Waals surface area contributed by atoms with E-state index in [4.69, 9.17) is 10.2 Å². The summed E-state index contributed by atoms with van der Waals surface area (Å²) in [5.74, 6) is -1.63. The van der Waals surface area contributed by atoms with E-state index in [0.717, 1.165) is 9.77 Å². The number of nitriles is 1. The lowest BCUT2D eigenvalue weighted by Crippen LogP contribution is -2.09. The maximum Gasteiger partial charge on any atom is 0.355 e. The van der Waals surface area contributed by atoms with Gasteiger partial charge < -0.3 is 5.11 Å². The number of hydrogen-bond donors (Lipinski definition) is 1. The Balaban J connectivity index is 1.90. The van der Waals surface area contributed by atoms with Crippen LogP contribution in [0.25, 0.3) is 27.5 Å². The van der Waals surface area contributed by atoms with Gasteiger partial charge >= 0.3 is 5.97 Å². The summed E-state index contributed by atoms with van der Waals surface area (Å²) in [5, 5.41) is 24.3. The zero-order valence-corrected chi connectivity index (χ0v) is 19.7. The first kappa shape index (κ1) is 22.7. The van der Waals surface area contributed by atoms with Crippen molar-refractivity contribution >= 4 is 29.1 Å². The third-order valence-corrected chi connectivity index (χ3v) is 7.02. The van der Waals surface area contributed by atoms with Crippen molar-refractivity contribution < 1.29 is 14.3 Å². The van der Waals surface area contributed by atoms with E-state index in [-0.39, 0.29) is 10.9 Å². The molecule has 0 spiro atoms. The monoisotopic (exact) mass is 478 g/mol. The molecule has 33 heavy (non-hydrogen) atoms. The van der Waals surface area contributed by atoms with Gasteiger partial charge in [0.25, 0.3) is 0 Å². The third-order valence-electron chi connectivity index (χ3n) is 4.77. The summed E-state index contributed by atoms with van der Waals surface area (Å²) in [6, 6.07) is 15.0. The van der Waals surface area contributed by atoms with Crippen LogP contribution in [0.15, 0.2) is 52.7 Å². The number of aryl methyl sites for hydroxylation is 1. The van der Waals surface area contributed by atoms with Crippen LogP contribution in [-0.2, 0) is 0 Å². The van der Waals surface area contributed by atoms with Crippen LogP contribution in [-0.4, -0.2) is 31.1 Å². The van der Waals surface area contributed by atoms with Gasteiger partial charge in [0.15, 0.2) is 5.69 Å². The highest BCUT2D eigenvalue weighted by Crippen LogP contribution is 2.40. The number of hydrogen-bond acceptors (Lipinski definition) is 6. The van der Waals surface area contributed by atoms with Gasteiger partial charge in [0, 0.05) is 16.4 Å². The van der Waals surface area contributed by atoms with Crippen molar-refractivity contribution in [3.63, 3.8) is 0 Å². The summed E-state index contributed by atoms with van der Waals surface area (Å²) in [5.41, 5.74) is 3.26. The number of rotatable bonds is 6. The minimum absolute atomic E-state index is 0.0701. The van der Waals surface area contributed by atoms with Crippen LogP contribution in [0.5, 0.6) is 0 Å². The molecule has 1 N–H and O–H groups in total. The Labute approximate surface area is 198 Å². The Morgan fingerprint density at radius 3 is 2.55 bits per heavy atom. The molecule has 0 unspecified atom stereocenters. The zero-order chi connectivity index (χ0) is 23.7. The maximum atomic E-state index is 13.9. The summed E-state index contributed by atoms with van der Waals surface area (Å²) < 4.78 is 16.1. The number of carbonyl (C=O) groups is 1. The molecule has 0 saturated carbocycles. The predicted octanol–water partition coefficient (Wildman–Crippen LogP) is 6.18. The van der Waals surface area contributed by atoms with E-state index >= 15 is 0 Å². The average Bonchev–Trinajstić information content (AvgIpc) is 3.34. The molecule has 2 heterocycles. The molecule has 0 aliphatic carbocycles. The highest BCUT2D eigenvalue weighted by molar-refractivity contribution is 8.01. The van der Waals surface area contributed by atoms with Gasteiger partial charge in [-0.15, -0.1) is 11.8 Å². The van der Waals surface area contributed by atoms with E-state index < -0.39 is 11.8 Å². The van der Waals surface area contributed by atoms with Crippen LogP contribution in [0, 0.1) is 24.1 Å². The second-order valence-electron chi connectivity index (χ2n) is 7.52. The van der Waals surface area contributed by atoms with Gasteiger partial charge in [0.1, 0.15) is 5.82 Å². The zero-order valence-electron chi connectivity index (χ0n) is 18.0. The van der Waals surface area contributed by atoms with Crippen LogP contribution < -0.4 is 0 Å². The molecule has 0 saturated heterocycles. The predicted molar refractivity (Wildman–Crippen MR) is 127 cm³/mol. The van der Waals surface area contributed by atoms with E-state index in [0.29, 0.717) is 33.2 Å². The van der Waals surface area contributed by atoms with Gasteiger partial charge in [-0.05, 0) is 36.8 Å². The molecular weight excluding hydrogens is 459 g/mol. The molecular formula is C24H19FN4O2S2. The van der Waals surface area contributed by atoms with Crippen molar-refractivity contribution in [3.05, 3.63) is 71.3 Å². The quantitative estimate of drug-likeness (QED) is 0.333. The van der Waals surface area contributed by atoms with Crippen LogP contribution >= 0.6 is 23.1 Å². The summed E-state index contributed by atoms with van der Waals surface area (Å²) in [4.78, 5) is 17.0. The summed E-state index contributed by atoms with van der Waals surface area (Å²) in [6.07, 6.45) is 0. The number of thiazole rings is 1. The molecule has 0 amide bonds. The number of aromatic carboxylic acids is 1. The minimum Gasteiger partial charge on any atom is -0.476 e. The van der Waals surface area contributed by atoms with Crippen molar-refractivity contribution in [2.24, 2.45) is 0 Å². The molecule has 0 aliphatic rings. The molecule has 0 bridgehead atoms. The molecule has 4 rings (SSSR count). The van der Waals surface area contributed by atoms with Gasteiger partial charge in [-0.1, -0.05) is 49.4 Å². The molecule has 2 aromatic heterocycles. The van der Waals surface area contributed by atoms with Crippen molar-refractivity contribution in [2.45, 2.75) is 30.2 Å². The van der Waals surface area contributed by atoms with E-state index in [2.05, 4.69) is 25.0 Å². The van der Waals surface area contributed by atoms with E-state index in [1.165, 1.54) is 34.2 Å². The Kier molecular flexibility index (Phi) is 6.31. The van der Waals surface area contributed by atoms with Crippen molar-refractivity contribution in [3.8, 4) is 33.6 Å². The highest BCUT2D eigenvalue weighted by atomic mass is 32.2. The molecule has 6 nitrogen and oxygen atoms in total. The largest absolute Gasteiger partial charge is 0.476 e. The average molecular weight is 479 g/mol. The molecule has 166 valence electrons. The fourth-order valence-electron chi connectivity index (χ4n) is 3.42. The third kappa shape index (κ3) is 4.53. The van der Waals surface area contributed by atoms with Crippen LogP contribution in [0.2, 0.25) is 0 Å². The molecule has 9 heteroatoms. The van der Waals surface area contributed by atoms with Gasteiger partial charge in [-0.3, -0.25) is 0 Å². The molecule has 0 atom stereocenters. The van der Waals surface area contributed by atoms with Crippen LogP contribution in [0.1, 0.15) is 35.6 Å². The standard InChI is InChI=1S/C24H19FN4O2S2/c1-13(2)32-23-20(16-9-7-15(12-26)8-10-16)27-24(33-23)29-21(22(30)31)19(14(3)28-29)17-5-4-6-18(25)11-17/h4-11,13H,1-3H3,(H,30,31).